The predicted molar refractivity (Wildman–Crippen MR) is 128 cm³/mol. The van der Waals surface area contributed by atoms with Gasteiger partial charge in [0.2, 0.25) is 5.91 Å². The average Bonchev–Trinajstić information content (AvgIpc) is 3.30. The molecule has 2 aromatic carbocycles. The van der Waals surface area contributed by atoms with Crippen LogP contribution >= 0.6 is 11.3 Å². The van der Waals surface area contributed by atoms with Crippen molar-refractivity contribution in [1.82, 2.24) is 9.97 Å². The van der Waals surface area contributed by atoms with Gasteiger partial charge in [0.05, 0.1) is 12.1 Å². The number of thiazole rings is 1. The molecular weight excluding hydrogens is 402 g/mol. The number of rotatable bonds is 8. The number of carbonyl (C=O) groups excluding carboxylic acids is 1. The Hall–Kier alpha value is -3.31. The number of anilines is 1. The van der Waals surface area contributed by atoms with Crippen LogP contribution in [0.2, 0.25) is 0 Å². The molecule has 1 amide bonds. The third-order valence-corrected chi connectivity index (χ3v) is 5.99. The Bertz CT molecular complexity index is 1120. The highest BCUT2D eigenvalue weighted by atomic mass is 32.1. The van der Waals surface area contributed by atoms with E-state index in [4.69, 9.17) is 4.98 Å². The molecule has 4 nitrogen and oxygen atoms in total. The minimum Gasteiger partial charge on any atom is -0.326 e. The Kier molecular flexibility index (Phi) is 6.85. The molecule has 0 radical (unpaired) electrons. The summed E-state index contributed by atoms with van der Waals surface area (Å²) in [5, 5.41) is 6.02. The summed E-state index contributed by atoms with van der Waals surface area (Å²) in [7, 11) is 0. The lowest BCUT2D eigenvalue weighted by Crippen LogP contribution is -2.14. The highest BCUT2D eigenvalue weighted by Gasteiger charge is 2.08. The van der Waals surface area contributed by atoms with Gasteiger partial charge in [-0.05, 0) is 48.2 Å². The molecular formula is C26H25N3OS. The summed E-state index contributed by atoms with van der Waals surface area (Å²) < 4.78 is 0. The van der Waals surface area contributed by atoms with Gasteiger partial charge in [-0.1, -0.05) is 49.7 Å². The number of hydrogen-bond donors (Lipinski definition) is 1. The van der Waals surface area contributed by atoms with E-state index in [1.165, 1.54) is 18.4 Å². The first kappa shape index (κ1) is 20.9. The second-order valence-corrected chi connectivity index (χ2v) is 8.35. The van der Waals surface area contributed by atoms with Crippen molar-refractivity contribution in [3.63, 3.8) is 0 Å². The van der Waals surface area contributed by atoms with Crippen LogP contribution in [0.25, 0.3) is 21.8 Å². The largest absolute Gasteiger partial charge is 0.326 e. The minimum atomic E-state index is -0.0114. The van der Waals surface area contributed by atoms with Crippen molar-refractivity contribution in [1.29, 1.82) is 0 Å². The molecule has 0 saturated heterocycles. The predicted octanol–water partition coefficient (Wildman–Crippen LogP) is 6.40. The molecule has 0 spiro atoms. The van der Waals surface area contributed by atoms with Gasteiger partial charge in [0.25, 0.3) is 0 Å². The van der Waals surface area contributed by atoms with Gasteiger partial charge in [-0.2, -0.15) is 0 Å². The molecule has 5 heteroatoms. The maximum atomic E-state index is 12.4. The SMILES string of the molecule is CCCCc1ccc(NC(=O)Cc2ccc(-c3csc(-c4ccncc4)n3)cc2)cc1. The van der Waals surface area contributed by atoms with Crippen molar-refractivity contribution in [3.05, 3.63) is 89.6 Å². The number of benzene rings is 2. The standard InChI is InChI=1S/C26H25N3OS/c1-2-3-4-19-7-11-23(12-8-19)28-25(30)17-20-5-9-21(10-6-20)24-18-31-26(29-24)22-13-15-27-16-14-22/h5-16,18H,2-4,17H2,1H3,(H,28,30). The van der Waals surface area contributed by atoms with E-state index in [0.29, 0.717) is 6.42 Å². The van der Waals surface area contributed by atoms with Crippen LogP contribution < -0.4 is 5.32 Å². The van der Waals surface area contributed by atoms with Gasteiger partial charge in [-0.3, -0.25) is 9.78 Å². The minimum absolute atomic E-state index is 0.0114. The monoisotopic (exact) mass is 427 g/mol. The molecule has 0 saturated carbocycles. The maximum Gasteiger partial charge on any atom is 0.228 e. The number of pyridine rings is 1. The van der Waals surface area contributed by atoms with E-state index in [9.17, 15) is 4.79 Å². The summed E-state index contributed by atoms with van der Waals surface area (Å²) >= 11 is 1.62. The van der Waals surface area contributed by atoms with Gasteiger partial charge < -0.3 is 5.32 Å². The first-order valence-corrected chi connectivity index (χ1v) is 11.4. The number of hydrogen-bond acceptors (Lipinski definition) is 4. The summed E-state index contributed by atoms with van der Waals surface area (Å²) in [5.74, 6) is -0.0114. The highest BCUT2D eigenvalue weighted by molar-refractivity contribution is 7.13. The summed E-state index contributed by atoms with van der Waals surface area (Å²) in [6.45, 7) is 2.19. The van der Waals surface area contributed by atoms with Crippen molar-refractivity contribution in [3.8, 4) is 21.8 Å². The number of aryl methyl sites for hydroxylation is 1. The van der Waals surface area contributed by atoms with Gasteiger partial charge in [-0.15, -0.1) is 11.3 Å². The van der Waals surface area contributed by atoms with E-state index in [-0.39, 0.29) is 5.91 Å². The smallest absolute Gasteiger partial charge is 0.228 e. The molecule has 0 aliphatic rings. The van der Waals surface area contributed by atoms with Crippen molar-refractivity contribution in [2.45, 2.75) is 32.6 Å². The normalized spacial score (nSPS) is 10.7. The second kappa shape index (κ2) is 10.1. The molecule has 4 aromatic rings. The van der Waals surface area contributed by atoms with Crippen molar-refractivity contribution >= 4 is 22.9 Å². The summed E-state index contributed by atoms with van der Waals surface area (Å²) in [4.78, 5) is 21.2. The topological polar surface area (TPSA) is 54.9 Å². The first-order valence-electron chi connectivity index (χ1n) is 10.6. The first-order chi connectivity index (χ1) is 15.2. The zero-order valence-electron chi connectivity index (χ0n) is 17.5. The van der Waals surface area contributed by atoms with E-state index >= 15 is 0 Å². The molecule has 0 unspecified atom stereocenters. The Morgan fingerprint density at radius 1 is 0.903 bits per heavy atom. The van der Waals surface area contributed by atoms with E-state index in [1.807, 2.05) is 48.5 Å². The third-order valence-electron chi connectivity index (χ3n) is 5.10. The quantitative estimate of drug-likeness (QED) is 0.354. The lowest BCUT2D eigenvalue weighted by atomic mass is 10.1. The molecule has 4 rings (SSSR count). The number of unbranched alkanes of at least 4 members (excludes halogenated alkanes) is 1. The third kappa shape index (κ3) is 5.64. The fourth-order valence-corrected chi connectivity index (χ4v) is 4.19. The van der Waals surface area contributed by atoms with Crippen molar-refractivity contribution in [2.75, 3.05) is 5.32 Å². The van der Waals surface area contributed by atoms with Crippen LogP contribution in [0.5, 0.6) is 0 Å². The van der Waals surface area contributed by atoms with Gasteiger partial charge in [-0.25, -0.2) is 4.98 Å². The highest BCUT2D eigenvalue weighted by Crippen LogP contribution is 2.28. The average molecular weight is 428 g/mol. The Morgan fingerprint density at radius 2 is 1.61 bits per heavy atom. The fourth-order valence-electron chi connectivity index (χ4n) is 3.35. The summed E-state index contributed by atoms with van der Waals surface area (Å²) in [6.07, 6.45) is 7.35. The Morgan fingerprint density at radius 3 is 2.32 bits per heavy atom. The Labute approximate surface area is 187 Å². The van der Waals surface area contributed by atoms with Gasteiger partial charge in [0.1, 0.15) is 5.01 Å². The van der Waals surface area contributed by atoms with E-state index < -0.39 is 0 Å². The van der Waals surface area contributed by atoms with Gasteiger partial charge in [0.15, 0.2) is 0 Å². The molecule has 2 aromatic heterocycles. The van der Waals surface area contributed by atoms with Crippen LogP contribution in [-0.4, -0.2) is 15.9 Å². The number of nitrogens with one attached hydrogen (secondary N) is 1. The molecule has 0 atom stereocenters. The molecule has 1 N–H and O–H groups in total. The van der Waals surface area contributed by atoms with Crippen LogP contribution in [0.3, 0.4) is 0 Å². The van der Waals surface area contributed by atoms with Crippen LogP contribution in [0.1, 0.15) is 30.9 Å². The molecule has 0 bridgehead atoms. The van der Waals surface area contributed by atoms with E-state index in [1.54, 1.807) is 23.7 Å². The maximum absolute atomic E-state index is 12.4. The summed E-state index contributed by atoms with van der Waals surface area (Å²) in [6, 6.07) is 20.1. The number of nitrogens with zero attached hydrogens (tertiary/aromatic N) is 2. The molecule has 0 fully saturated rings. The molecule has 156 valence electrons. The van der Waals surface area contributed by atoms with Crippen LogP contribution in [0, 0.1) is 0 Å². The lowest BCUT2D eigenvalue weighted by molar-refractivity contribution is -0.115. The van der Waals surface area contributed by atoms with Crippen LogP contribution in [-0.2, 0) is 17.6 Å². The number of aromatic nitrogens is 2. The second-order valence-electron chi connectivity index (χ2n) is 7.50. The van der Waals surface area contributed by atoms with E-state index in [2.05, 4.69) is 34.7 Å². The summed E-state index contributed by atoms with van der Waals surface area (Å²) in [5.41, 5.74) is 6.18. The lowest BCUT2D eigenvalue weighted by Gasteiger charge is -2.07. The van der Waals surface area contributed by atoms with Crippen LogP contribution in [0.4, 0.5) is 5.69 Å². The fraction of sp³-hybridized carbons (Fsp3) is 0.192. The number of amides is 1. The van der Waals surface area contributed by atoms with Crippen LogP contribution in [0.15, 0.2) is 78.4 Å². The molecule has 0 aliphatic heterocycles. The van der Waals surface area contributed by atoms with Gasteiger partial charge >= 0.3 is 0 Å². The molecule has 0 aliphatic carbocycles. The molecule has 31 heavy (non-hydrogen) atoms. The zero-order chi connectivity index (χ0) is 21.5. The molecule has 2 heterocycles. The van der Waals surface area contributed by atoms with Gasteiger partial charge in [0, 0.05) is 34.6 Å². The number of carbonyl (C=O) groups is 1. The van der Waals surface area contributed by atoms with E-state index in [0.717, 1.165) is 39.5 Å². The Balaban J connectivity index is 1.35. The van der Waals surface area contributed by atoms with Crippen molar-refractivity contribution < 1.29 is 4.79 Å². The zero-order valence-corrected chi connectivity index (χ0v) is 18.4. The van der Waals surface area contributed by atoms with Crippen molar-refractivity contribution in [2.24, 2.45) is 0 Å².